The molecule has 0 atom stereocenters. The van der Waals surface area contributed by atoms with E-state index in [1.165, 1.54) is 19.3 Å². The van der Waals surface area contributed by atoms with Crippen LogP contribution in [0.3, 0.4) is 0 Å². The summed E-state index contributed by atoms with van der Waals surface area (Å²) in [6.07, 6.45) is 4.24. The first kappa shape index (κ1) is 7.36. The summed E-state index contributed by atoms with van der Waals surface area (Å²) < 4.78 is 0. The van der Waals surface area contributed by atoms with Crippen LogP contribution in [0.5, 0.6) is 0 Å². The van der Waals surface area contributed by atoms with Gasteiger partial charge in [-0.05, 0) is 36.6 Å². The van der Waals surface area contributed by atoms with Crippen LogP contribution in [0.1, 0.15) is 26.2 Å². The first-order valence-corrected chi connectivity index (χ1v) is 3.38. The molecule has 0 heterocycles. The summed E-state index contributed by atoms with van der Waals surface area (Å²) in [5.41, 5.74) is 6.96. The predicted molar refractivity (Wildman–Crippen MR) is 40.7 cm³/mol. The van der Waals surface area contributed by atoms with Gasteiger partial charge in [-0.3, -0.25) is 0 Å². The molecule has 0 saturated heterocycles. The Bertz CT molecular complexity index is 113. The summed E-state index contributed by atoms with van der Waals surface area (Å²) in [5.74, 6) is 0. The Labute approximate surface area is 62.4 Å². The van der Waals surface area contributed by atoms with E-state index in [1.54, 1.807) is 0 Å². The van der Waals surface area contributed by atoms with E-state index in [4.69, 9.17) is 5.73 Å². The van der Waals surface area contributed by atoms with Crippen LogP contribution < -0.4 is 5.73 Å². The molecule has 3 fully saturated rings. The molecule has 0 amide bonds. The summed E-state index contributed by atoms with van der Waals surface area (Å²) in [6.45, 7) is 3.30. The van der Waals surface area contributed by atoms with Crippen molar-refractivity contribution >= 4 is 12.4 Å². The Hall–Kier alpha value is 0.250. The zero-order valence-electron chi connectivity index (χ0n) is 5.81. The van der Waals surface area contributed by atoms with Crippen LogP contribution in [0.15, 0.2) is 0 Å². The zero-order chi connectivity index (χ0) is 5.83. The summed E-state index contributed by atoms with van der Waals surface area (Å²) in [4.78, 5) is 0. The van der Waals surface area contributed by atoms with E-state index < -0.39 is 0 Å². The molecule has 54 valence electrons. The highest BCUT2D eigenvalue weighted by Gasteiger charge is 2.63. The smallest absolute Gasteiger partial charge is 0.00199 e. The van der Waals surface area contributed by atoms with Crippen LogP contribution in [0, 0.1) is 10.8 Å². The van der Waals surface area contributed by atoms with Crippen LogP contribution in [0.2, 0.25) is 0 Å². The van der Waals surface area contributed by atoms with Crippen molar-refractivity contribution in [1.29, 1.82) is 0 Å². The Balaban J connectivity index is 0.000000405. The SMILES string of the molecule is CC12CC(CN)(C1)C2.Cl. The van der Waals surface area contributed by atoms with E-state index in [1.807, 2.05) is 0 Å². The van der Waals surface area contributed by atoms with E-state index in [9.17, 15) is 0 Å². The molecule has 0 spiro atoms. The van der Waals surface area contributed by atoms with Crippen molar-refractivity contribution in [1.82, 2.24) is 0 Å². The van der Waals surface area contributed by atoms with Crippen LogP contribution in [0.4, 0.5) is 0 Å². The van der Waals surface area contributed by atoms with Crippen LogP contribution in [0.25, 0.3) is 0 Å². The maximum absolute atomic E-state index is 5.56. The van der Waals surface area contributed by atoms with Gasteiger partial charge in [0, 0.05) is 0 Å². The van der Waals surface area contributed by atoms with Gasteiger partial charge in [-0.25, -0.2) is 0 Å². The van der Waals surface area contributed by atoms with Crippen LogP contribution in [-0.2, 0) is 0 Å². The molecule has 0 aromatic heterocycles. The summed E-state index contributed by atoms with van der Waals surface area (Å²) in [7, 11) is 0. The van der Waals surface area contributed by atoms with E-state index in [0.29, 0.717) is 5.41 Å². The Morgan fingerprint density at radius 3 is 1.89 bits per heavy atom. The molecule has 2 heteroatoms. The maximum atomic E-state index is 5.56. The highest BCUT2D eigenvalue weighted by atomic mass is 35.5. The number of halogens is 1. The lowest BCUT2D eigenvalue weighted by Gasteiger charge is -2.69. The molecule has 1 nitrogen and oxygen atoms in total. The summed E-state index contributed by atoms with van der Waals surface area (Å²) in [5, 5.41) is 0. The molecule has 3 aliphatic rings. The van der Waals surface area contributed by atoms with Gasteiger partial charge in [0.25, 0.3) is 0 Å². The largest absolute Gasteiger partial charge is 0.330 e. The van der Waals surface area contributed by atoms with E-state index >= 15 is 0 Å². The second-order valence-electron chi connectivity index (χ2n) is 4.05. The minimum Gasteiger partial charge on any atom is -0.330 e. The van der Waals surface area contributed by atoms with Gasteiger partial charge in [-0.1, -0.05) is 6.92 Å². The van der Waals surface area contributed by atoms with E-state index in [2.05, 4.69) is 6.92 Å². The average molecular weight is 148 g/mol. The van der Waals surface area contributed by atoms with Crippen molar-refractivity contribution in [2.75, 3.05) is 6.54 Å². The Morgan fingerprint density at radius 1 is 1.33 bits per heavy atom. The first-order valence-electron chi connectivity index (χ1n) is 3.38. The second kappa shape index (κ2) is 1.64. The summed E-state index contributed by atoms with van der Waals surface area (Å²) in [6, 6.07) is 0. The fourth-order valence-corrected chi connectivity index (χ4v) is 2.78. The van der Waals surface area contributed by atoms with Gasteiger partial charge < -0.3 is 5.73 Å². The van der Waals surface area contributed by atoms with Crippen molar-refractivity contribution < 1.29 is 0 Å². The van der Waals surface area contributed by atoms with Crippen molar-refractivity contribution in [3.8, 4) is 0 Å². The second-order valence-corrected chi connectivity index (χ2v) is 4.05. The van der Waals surface area contributed by atoms with Gasteiger partial charge in [0.05, 0.1) is 0 Å². The van der Waals surface area contributed by atoms with Crippen LogP contribution in [-0.4, -0.2) is 6.54 Å². The molecule has 0 aliphatic heterocycles. The maximum Gasteiger partial charge on any atom is -0.00199 e. The lowest BCUT2D eigenvalue weighted by Crippen LogP contribution is -2.63. The fraction of sp³-hybridized carbons (Fsp3) is 1.00. The van der Waals surface area contributed by atoms with Gasteiger partial charge in [0.15, 0.2) is 0 Å². The quantitative estimate of drug-likeness (QED) is 0.599. The summed E-state index contributed by atoms with van der Waals surface area (Å²) >= 11 is 0. The third-order valence-electron chi connectivity index (χ3n) is 2.84. The minimum absolute atomic E-state index is 0. The molecular formula is C7H14ClN. The first-order chi connectivity index (χ1) is 3.68. The molecule has 3 rings (SSSR count). The Morgan fingerprint density at radius 2 is 1.78 bits per heavy atom. The van der Waals surface area contributed by atoms with Gasteiger partial charge in [-0.2, -0.15) is 0 Å². The molecule has 0 unspecified atom stereocenters. The molecular weight excluding hydrogens is 134 g/mol. The van der Waals surface area contributed by atoms with E-state index in [-0.39, 0.29) is 12.4 Å². The number of hydrogen-bond donors (Lipinski definition) is 1. The van der Waals surface area contributed by atoms with Gasteiger partial charge in [-0.15, -0.1) is 12.4 Å². The highest BCUT2D eigenvalue weighted by molar-refractivity contribution is 5.85. The molecule has 2 bridgehead atoms. The molecule has 9 heavy (non-hydrogen) atoms. The predicted octanol–water partition coefficient (Wildman–Crippen LogP) is 1.56. The van der Waals surface area contributed by atoms with Crippen LogP contribution >= 0.6 is 12.4 Å². The Kier molecular flexibility index (Phi) is 1.34. The van der Waals surface area contributed by atoms with E-state index in [0.717, 1.165) is 12.0 Å². The average Bonchev–Trinajstić information content (AvgIpc) is 1.55. The van der Waals surface area contributed by atoms with Crippen molar-refractivity contribution in [2.45, 2.75) is 26.2 Å². The van der Waals surface area contributed by atoms with Crippen molar-refractivity contribution in [2.24, 2.45) is 16.6 Å². The topological polar surface area (TPSA) is 26.0 Å². The number of nitrogens with two attached hydrogens (primary N) is 1. The molecule has 2 N–H and O–H groups in total. The lowest BCUT2D eigenvalue weighted by atomic mass is 9.36. The standard InChI is InChI=1S/C7H13N.ClH/c1-6-2-7(3-6,4-6)5-8;/h2-5,8H2,1H3;1H. The molecule has 0 radical (unpaired) electrons. The number of hydrogen-bond acceptors (Lipinski definition) is 1. The van der Waals surface area contributed by atoms with Gasteiger partial charge in [0.2, 0.25) is 0 Å². The molecule has 0 aromatic carbocycles. The molecule has 3 aliphatic carbocycles. The molecule has 0 aromatic rings. The highest BCUT2D eigenvalue weighted by Crippen LogP contribution is 2.72. The lowest BCUT2D eigenvalue weighted by molar-refractivity contribution is -0.182. The number of rotatable bonds is 1. The zero-order valence-corrected chi connectivity index (χ0v) is 6.63. The monoisotopic (exact) mass is 147 g/mol. The normalized spacial score (nSPS) is 52.7. The third kappa shape index (κ3) is 0.714. The van der Waals surface area contributed by atoms with Crippen molar-refractivity contribution in [3.05, 3.63) is 0 Å². The third-order valence-corrected chi connectivity index (χ3v) is 2.84. The van der Waals surface area contributed by atoms with Gasteiger partial charge >= 0.3 is 0 Å². The van der Waals surface area contributed by atoms with Gasteiger partial charge in [0.1, 0.15) is 0 Å². The molecule has 3 saturated carbocycles. The van der Waals surface area contributed by atoms with Crippen molar-refractivity contribution in [3.63, 3.8) is 0 Å². The minimum atomic E-state index is 0. The fourth-order valence-electron chi connectivity index (χ4n) is 2.78.